The third kappa shape index (κ3) is 4.82. The molecule has 2 heterocycles. The maximum absolute atomic E-state index is 13.5. The number of alkyl halides is 3. The van der Waals surface area contributed by atoms with Gasteiger partial charge in [-0.2, -0.15) is 13.2 Å². The highest BCUT2D eigenvalue weighted by Gasteiger charge is 2.49. The topological polar surface area (TPSA) is 145 Å². The number of nitrogens with zero attached hydrogens (tertiary/aromatic N) is 1. The summed E-state index contributed by atoms with van der Waals surface area (Å²) < 4.78 is 50.6. The van der Waals surface area contributed by atoms with E-state index >= 15 is 0 Å². The third-order valence-electron chi connectivity index (χ3n) is 4.97. The number of benzene rings is 1. The van der Waals surface area contributed by atoms with Crippen LogP contribution in [0.15, 0.2) is 24.3 Å². The highest BCUT2D eigenvalue weighted by Crippen LogP contribution is 2.36. The Kier molecular flexibility index (Phi) is 6.55. The normalized spacial score (nSPS) is 26.6. The van der Waals surface area contributed by atoms with Crippen LogP contribution in [0.2, 0.25) is 0 Å². The van der Waals surface area contributed by atoms with Crippen molar-refractivity contribution in [2.24, 2.45) is 0 Å². The second kappa shape index (κ2) is 8.83. The zero-order valence-corrected chi connectivity index (χ0v) is 16.2. The van der Waals surface area contributed by atoms with Gasteiger partial charge in [0, 0.05) is 6.42 Å². The number of aliphatic hydroxyl groups is 3. The van der Waals surface area contributed by atoms with Crippen molar-refractivity contribution in [3.8, 4) is 5.88 Å². The Bertz CT molecular complexity index is 916. The van der Waals surface area contributed by atoms with Crippen molar-refractivity contribution in [2.75, 3.05) is 0 Å². The van der Waals surface area contributed by atoms with E-state index in [4.69, 9.17) is 14.6 Å². The fraction of sp³-hybridized carbons (Fsp3) is 0.474. The van der Waals surface area contributed by atoms with E-state index in [0.717, 1.165) is 12.0 Å². The molecule has 1 unspecified atom stereocenters. The number of nitrogens with one attached hydrogen (secondary N) is 1. The van der Waals surface area contributed by atoms with E-state index < -0.39 is 54.4 Å². The Morgan fingerprint density at radius 1 is 1.13 bits per heavy atom. The summed E-state index contributed by atoms with van der Waals surface area (Å²) in [5.41, 5.74) is -0.0462. The number of halogens is 3. The van der Waals surface area contributed by atoms with Gasteiger partial charge in [-0.25, -0.2) is 4.79 Å². The first-order valence-electron chi connectivity index (χ1n) is 9.34. The van der Waals surface area contributed by atoms with Gasteiger partial charge < -0.3 is 29.9 Å². The second-order valence-electron chi connectivity index (χ2n) is 7.08. The molecule has 12 heteroatoms. The maximum Gasteiger partial charge on any atom is 0.433 e. The van der Waals surface area contributed by atoms with Crippen molar-refractivity contribution in [3.05, 3.63) is 46.6 Å². The predicted octanol–water partition coefficient (Wildman–Crippen LogP) is 0.853. The van der Waals surface area contributed by atoms with Crippen LogP contribution in [0.4, 0.5) is 13.2 Å². The molecular weight excluding hydrogens is 425 g/mol. The Morgan fingerprint density at radius 2 is 1.74 bits per heavy atom. The molecule has 1 saturated heterocycles. The summed E-state index contributed by atoms with van der Waals surface area (Å²) in [6.07, 6.45) is -14.0. The van der Waals surface area contributed by atoms with Gasteiger partial charge in [-0.3, -0.25) is 5.10 Å². The fourth-order valence-electron chi connectivity index (χ4n) is 3.20. The second-order valence-corrected chi connectivity index (χ2v) is 7.08. The van der Waals surface area contributed by atoms with Crippen LogP contribution in [-0.4, -0.2) is 67.3 Å². The molecule has 9 nitrogen and oxygen atoms in total. The van der Waals surface area contributed by atoms with E-state index in [2.05, 4.69) is 5.10 Å². The number of H-pyrrole nitrogens is 1. The van der Waals surface area contributed by atoms with Crippen molar-refractivity contribution in [1.29, 1.82) is 0 Å². The van der Waals surface area contributed by atoms with Crippen LogP contribution in [0.5, 0.6) is 5.88 Å². The number of carbonyl (C=O) groups is 1. The van der Waals surface area contributed by atoms with Crippen LogP contribution in [0.1, 0.15) is 29.3 Å². The molecule has 1 aliphatic rings. The zero-order valence-electron chi connectivity index (χ0n) is 16.2. The minimum absolute atomic E-state index is 0.235. The van der Waals surface area contributed by atoms with Gasteiger partial charge >= 0.3 is 12.1 Å². The van der Waals surface area contributed by atoms with E-state index in [1.807, 2.05) is 12.0 Å². The zero-order chi connectivity index (χ0) is 22.9. The lowest BCUT2D eigenvalue weighted by atomic mass is 9.99. The van der Waals surface area contributed by atoms with Crippen LogP contribution in [0.25, 0.3) is 0 Å². The Morgan fingerprint density at radius 3 is 2.29 bits per heavy atom. The number of rotatable bonds is 6. The predicted molar refractivity (Wildman–Crippen MR) is 97.2 cm³/mol. The highest BCUT2D eigenvalue weighted by molar-refractivity contribution is 5.73. The van der Waals surface area contributed by atoms with Gasteiger partial charge in [0.25, 0.3) is 0 Å². The smallest absolute Gasteiger partial charge is 0.433 e. The van der Waals surface area contributed by atoms with Gasteiger partial charge in [-0.1, -0.05) is 31.2 Å². The van der Waals surface area contributed by atoms with E-state index in [-0.39, 0.29) is 12.0 Å². The number of aliphatic carboxylic acids is 1. The first kappa shape index (κ1) is 23.0. The molecule has 1 aliphatic heterocycles. The number of carboxylic acid groups (broad SMARTS) is 1. The van der Waals surface area contributed by atoms with Gasteiger partial charge in [0.05, 0.1) is 5.56 Å². The van der Waals surface area contributed by atoms with E-state index in [0.29, 0.717) is 5.56 Å². The number of aromatic amines is 1. The number of aryl methyl sites for hydroxylation is 1. The van der Waals surface area contributed by atoms with Crippen molar-refractivity contribution in [2.45, 2.75) is 56.6 Å². The first-order valence-corrected chi connectivity index (χ1v) is 9.34. The van der Waals surface area contributed by atoms with Crippen molar-refractivity contribution in [3.63, 3.8) is 0 Å². The molecule has 0 spiro atoms. The third-order valence-corrected chi connectivity index (χ3v) is 4.97. The summed E-state index contributed by atoms with van der Waals surface area (Å²) in [7, 11) is 0. The molecule has 170 valence electrons. The molecule has 5 N–H and O–H groups in total. The minimum Gasteiger partial charge on any atom is -0.479 e. The molecule has 1 aromatic heterocycles. The molecule has 31 heavy (non-hydrogen) atoms. The SMILES string of the molecule is CCc1ccc(Cc2c(O[C@@H]3OC(C(=O)O)[C@@H](O)[C@H](O)[C@H]3O)n[nH]c2C(F)(F)F)cc1. The Labute approximate surface area is 174 Å². The molecule has 0 saturated carbocycles. The fourth-order valence-corrected chi connectivity index (χ4v) is 3.20. The lowest BCUT2D eigenvalue weighted by Crippen LogP contribution is -2.61. The Hall–Kier alpha value is -2.67. The average molecular weight is 446 g/mol. The summed E-state index contributed by atoms with van der Waals surface area (Å²) in [5.74, 6) is -2.23. The molecule has 3 rings (SSSR count). The molecule has 1 aromatic carbocycles. The number of ether oxygens (including phenoxy) is 2. The van der Waals surface area contributed by atoms with Gasteiger partial charge in [0.15, 0.2) is 6.10 Å². The van der Waals surface area contributed by atoms with Gasteiger partial charge in [0.2, 0.25) is 12.2 Å². The van der Waals surface area contributed by atoms with Crippen molar-refractivity contribution < 1.29 is 47.9 Å². The van der Waals surface area contributed by atoms with Crippen molar-refractivity contribution in [1.82, 2.24) is 10.2 Å². The monoisotopic (exact) mass is 446 g/mol. The average Bonchev–Trinajstić information content (AvgIpc) is 3.11. The molecular formula is C19H21F3N2O7. The van der Waals surface area contributed by atoms with E-state index in [1.54, 1.807) is 24.3 Å². The van der Waals surface area contributed by atoms with Crippen LogP contribution in [0.3, 0.4) is 0 Å². The van der Waals surface area contributed by atoms with Crippen LogP contribution < -0.4 is 4.74 Å². The molecule has 0 radical (unpaired) electrons. The summed E-state index contributed by atoms with van der Waals surface area (Å²) in [6.45, 7) is 1.93. The Balaban J connectivity index is 1.91. The summed E-state index contributed by atoms with van der Waals surface area (Å²) in [4.78, 5) is 11.2. The number of aromatic nitrogens is 2. The quantitative estimate of drug-likeness (QED) is 0.439. The summed E-state index contributed by atoms with van der Waals surface area (Å²) in [5, 5.41) is 44.1. The van der Waals surface area contributed by atoms with Crippen LogP contribution in [-0.2, 0) is 28.5 Å². The largest absolute Gasteiger partial charge is 0.479 e. The van der Waals surface area contributed by atoms with Crippen LogP contribution in [0, 0.1) is 0 Å². The van der Waals surface area contributed by atoms with E-state index in [9.17, 15) is 33.3 Å². The molecule has 5 atom stereocenters. The number of aliphatic hydroxyl groups excluding tert-OH is 3. The standard InChI is InChI=1S/C19H21F3N2O7/c1-2-8-3-5-9(6-4-8)7-10-15(19(20,21)22)23-24-16(10)31-18-13(27)11(25)12(26)14(30-18)17(28)29/h3-6,11-14,18,25-27H,2,7H2,1H3,(H,23,24)(H,28,29)/t11-,12-,13+,14?,18-/m0/s1. The van der Waals surface area contributed by atoms with Crippen molar-refractivity contribution >= 4 is 5.97 Å². The molecule has 0 bridgehead atoms. The molecule has 0 amide bonds. The molecule has 0 aliphatic carbocycles. The number of hydrogen-bond acceptors (Lipinski definition) is 7. The summed E-state index contributed by atoms with van der Waals surface area (Å²) >= 11 is 0. The lowest BCUT2D eigenvalue weighted by molar-refractivity contribution is -0.271. The van der Waals surface area contributed by atoms with Gasteiger partial charge in [-0.05, 0) is 17.5 Å². The summed E-state index contributed by atoms with van der Waals surface area (Å²) in [6, 6.07) is 6.85. The highest BCUT2D eigenvalue weighted by atomic mass is 19.4. The molecule has 1 fully saturated rings. The van der Waals surface area contributed by atoms with Crippen LogP contribution >= 0.6 is 0 Å². The first-order chi connectivity index (χ1) is 14.5. The van der Waals surface area contributed by atoms with E-state index in [1.165, 1.54) is 0 Å². The van der Waals surface area contributed by atoms with Gasteiger partial charge in [-0.15, -0.1) is 5.10 Å². The maximum atomic E-state index is 13.5. The van der Waals surface area contributed by atoms with Gasteiger partial charge in [0.1, 0.15) is 24.0 Å². The lowest BCUT2D eigenvalue weighted by Gasteiger charge is -2.38. The number of carboxylic acids is 1. The minimum atomic E-state index is -4.79. The number of hydrogen-bond donors (Lipinski definition) is 5. The molecule has 2 aromatic rings.